The lowest BCUT2D eigenvalue weighted by Gasteiger charge is -2.01. The molecule has 10 nitrogen and oxygen atoms in total. The number of nitrogens with zero attached hydrogens (tertiary/aromatic N) is 6. The van der Waals surface area contributed by atoms with Crippen LogP contribution in [0.2, 0.25) is 0 Å². The third-order valence-corrected chi connectivity index (χ3v) is 1.58. The topological polar surface area (TPSA) is 144 Å². The lowest BCUT2D eigenvalue weighted by atomic mass is 10.6. The molecule has 4 N–H and O–H groups in total. The molecule has 2 heterocycles. The summed E-state index contributed by atoms with van der Waals surface area (Å²) in [5.74, 6) is 0.450. The first kappa shape index (κ1) is 9.18. The summed E-state index contributed by atoms with van der Waals surface area (Å²) in [5.41, 5.74) is 10.8. The number of aromatic nitrogens is 6. The molecule has 0 saturated heterocycles. The normalized spacial score (nSPS) is 10.4. The molecule has 2 rings (SSSR count). The summed E-state index contributed by atoms with van der Waals surface area (Å²) < 4.78 is 10.9. The lowest BCUT2D eigenvalue weighted by Crippen LogP contribution is -2.12. The highest BCUT2D eigenvalue weighted by atomic mass is 16.6. The highest BCUT2D eigenvalue weighted by Gasteiger charge is 2.07. The SMILES string of the molecule is Nc1nonc1OCCn1nnnc1N. The number of hydrogen-bond donors (Lipinski definition) is 2. The molecule has 15 heavy (non-hydrogen) atoms. The van der Waals surface area contributed by atoms with Crippen molar-refractivity contribution in [2.45, 2.75) is 6.54 Å². The number of nitrogen functional groups attached to an aromatic ring is 2. The van der Waals surface area contributed by atoms with Gasteiger partial charge in [-0.2, -0.15) is 0 Å². The van der Waals surface area contributed by atoms with Crippen LogP contribution < -0.4 is 16.2 Å². The van der Waals surface area contributed by atoms with Crippen molar-refractivity contribution in [3.05, 3.63) is 0 Å². The Hall–Kier alpha value is -2.39. The summed E-state index contributed by atoms with van der Waals surface area (Å²) in [7, 11) is 0. The fourth-order valence-corrected chi connectivity index (χ4v) is 0.887. The molecule has 10 heteroatoms. The van der Waals surface area contributed by atoms with Gasteiger partial charge in [0.15, 0.2) is 0 Å². The number of hydrogen-bond acceptors (Lipinski definition) is 9. The smallest absolute Gasteiger partial charge is 0.300 e. The molecule has 2 aromatic heterocycles. The van der Waals surface area contributed by atoms with Gasteiger partial charge in [-0.1, -0.05) is 5.10 Å². The van der Waals surface area contributed by atoms with Crippen LogP contribution in [0.3, 0.4) is 0 Å². The molecule has 0 bridgehead atoms. The third-order valence-electron chi connectivity index (χ3n) is 1.58. The molecule has 0 spiro atoms. The van der Waals surface area contributed by atoms with Crippen molar-refractivity contribution < 1.29 is 9.37 Å². The Morgan fingerprint density at radius 1 is 1.33 bits per heavy atom. The fraction of sp³-hybridized carbons (Fsp3) is 0.400. The Kier molecular flexibility index (Phi) is 2.31. The molecule has 0 aliphatic carbocycles. The van der Waals surface area contributed by atoms with E-state index in [0.717, 1.165) is 0 Å². The van der Waals surface area contributed by atoms with Crippen molar-refractivity contribution >= 4 is 11.8 Å². The van der Waals surface area contributed by atoms with Crippen LogP contribution in [0.25, 0.3) is 0 Å². The third kappa shape index (κ3) is 1.92. The maximum Gasteiger partial charge on any atom is 0.300 e. The Balaban J connectivity index is 1.86. The van der Waals surface area contributed by atoms with Gasteiger partial charge in [-0.3, -0.25) is 0 Å². The van der Waals surface area contributed by atoms with Crippen molar-refractivity contribution in [1.29, 1.82) is 0 Å². The van der Waals surface area contributed by atoms with E-state index in [1.807, 2.05) is 0 Å². The second kappa shape index (κ2) is 3.77. The van der Waals surface area contributed by atoms with Crippen molar-refractivity contribution in [1.82, 2.24) is 30.5 Å². The number of nitrogens with two attached hydrogens (primary N) is 2. The Labute approximate surface area is 83.1 Å². The highest BCUT2D eigenvalue weighted by Crippen LogP contribution is 2.13. The summed E-state index contributed by atoms with van der Waals surface area (Å²) in [6.07, 6.45) is 0. The van der Waals surface area contributed by atoms with Gasteiger partial charge in [-0.25, -0.2) is 9.31 Å². The average molecular weight is 212 g/mol. The number of rotatable bonds is 4. The predicted octanol–water partition coefficient (Wildman–Crippen LogP) is -1.70. The number of ether oxygens (including phenoxy) is 1. The molecule has 2 aromatic rings. The Morgan fingerprint density at radius 3 is 2.80 bits per heavy atom. The van der Waals surface area contributed by atoms with E-state index in [9.17, 15) is 0 Å². The zero-order valence-corrected chi connectivity index (χ0v) is 7.57. The first-order chi connectivity index (χ1) is 7.27. The van der Waals surface area contributed by atoms with E-state index >= 15 is 0 Å². The van der Waals surface area contributed by atoms with Crippen LogP contribution in [-0.4, -0.2) is 37.1 Å². The number of tetrazole rings is 1. The van der Waals surface area contributed by atoms with E-state index in [-0.39, 0.29) is 24.3 Å². The van der Waals surface area contributed by atoms with Gasteiger partial charge in [-0.05, 0) is 20.7 Å². The Bertz CT molecular complexity index is 395. The second-order valence-electron chi connectivity index (χ2n) is 2.56. The fourth-order valence-electron chi connectivity index (χ4n) is 0.887. The van der Waals surface area contributed by atoms with Gasteiger partial charge in [0.05, 0.1) is 6.54 Å². The van der Waals surface area contributed by atoms with Crippen LogP contribution in [0.1, 0.15) is 0 Å². The van der Waals surface area contributed by atoms with E-state index in [2.05, 4.69) is 30.5 Å². The molecule has 0 aromatic carbocycles. The zero-order valence-electron chi connectivity index (χ0n) is 7.57. The van der Waals surface area contributed by atoms with Crippen LogP contribution in [0.4, 0.5) is 11.8 Å². The minimum atomic E-state index is 0.0969. The summed E-state index contributed by atoms with van der Waals surface area (Å²) in [6.45, 7) is 0.638. The molecule has 0 unspecified atom stereocenters. The molecule has 0 saturated carbocycles. The predicted molar refractivity (Wildman–Crippen MR) is 46.4 cm³/mol. The zero-order chi connectivity index (χ0) is 10.7. The molecule has 0 aliphatic rings. The second-order valence-corrected chi connectivity index (χ2v) is 2.56. The molecule has 0 atom stereocenters. The van der Waals surface area contributed by atoms with Gasteiger partial charge in [-0.15, -0.1) is 0 Å². The summed E-state index contributed by atoms with van der Waals surface area (Å²) in [4.78, 5) is 0. The van der Waals surface area contributed by atoms with Gasteiger partial charge >= 0.3 is 0 Å². The van der Waals surface area contributed by atoms with Gasteiger partial charge < -0.3 is 16.2 Å². The van der Waals surface area contributed by atoms with Crippen LogP contribution >= 0.6 is 0 Å². The first-order valence-corrected chi connectivity index (χ1v) is 4.00. The van der Waals surface area contributed by atoms with Gasteiger partial charge in [0.1, 0.15) is 6.61 Å². The molecule has 0 fully saturated rings. The van der Waals surface area contributed by atoms with Crippen LogP contribution in [0.5, 0.6) is 5.88 Å². The largest absolute Gasteiger partial charge is 0.471 e. The molecule has 0 radical (unpaired) electrons. The molecule has 80 valence electrons. The van der Waals surface area contributed by atoms with E-state index in [1.54, 1.807) is 0 Å². The molecule has 0 amide bonds. The maximum absolute atomic E-state index is 5.43. The number of anilines is 2. The quantitative estimate of drug-likeness (QED) is 0.605. The van der Waals surface area contributed by atoms with Crippen molar-refractivity contribution in [3.8, 4) is 5.88 Å². The van der Waals surface area contributed by atoms with Crippen LogP contribution in [0, 0.1) is 0 Å². The molecular weight excluding hydrogens is 204 g/mol. The van der Waals surface area contributed by atoms with Crippen LogP contribution in [0.15, 0.2) is 4.63 Å². The van der Waals surface area contributed by atoms with E-state index in [4.69, 9.17) is 16.2 Å². The van der Waals surface area contributed by atoms with Crippen LogP contribution in [-0.2, 0) is 6.54 Å². The van der Waals surface area contributed by atoms with Gasteiger partial charge in [0.2, 0.25) is 11.8 Å². The summed E-state index contributed by atoms with van der Waals surface area (Å²) in [6, 6.07) is 0. The standard InChI is InChI=1S/C5H8N8O2/c6-3-4(10-15-9-3)14-2-1-13-5(7)8-11-12-13/h1-2H2,(H2,6,9)(H2,7,8,12). The van der Waals surface area contributed by atoms with E-state index < -0.39 is 0 Å². The van der Waals surface area contributed by atoms with Crippen molar-refractivity contribution in [3.63, 3.8) is 0 Å². The first-order valence-electron chi connectivity index (χ1n) is 4.00. The minimum absolute atomic E-state index is 0.0969. The van der Waals surface area contributed by atoms with Gasteiger partial charge in [0.25, 0.3) is 5.88 Å². The molecular formula is C5H8N8O2. The summed E-state index contributed by atoms with van der Waals surface area (Å²) in [5, 5.41) is 17.3. The summed E-state index contributed by atoms with van der Waals surface area (Å²) >= 11 is 0. The van der Waals surface area contributed by atoms with E-state index in [1.165, 1.54) is 4.68 Å². The van der Waals surface area contributed by atoms with Crippen molar-refractivity contribution in [2.75, 3.05) is 18.1 Å². The molecule has 0 aliphatic heterocycles. The lowest BCUT2D eigenvalue weighted by molar-refractivity contribution is 0.244. The highest BCUT2D eigenvalue weighted by molar-refractivity contribution is 5.36. The van der Waals surface area contributed by atoms with Gasteiger partial charge in [0, 0.05) is 0 Å². The minimum Gasteiger partial charge on any atom is -0.471 e. The maximum atomic E-state index is 5.43. The van der Waals surface area contributed by atoms with E-state index in [0.29, 0.717) is 6.54 Å². The average Bonchev–Trinajstić information content (AvgIpc) is 2.78. The Morgan fingerprint density at radius 2 is 2.20 bits per heavy atom. The van der Waals surface area contributed by atoms with Crippen molar-refractivity contribution in [2.24, 2.45) is 0 Å². The monoisotopic (exact) mass is 212 g/mol.